The minimum Gasteiger partial charge on any atom is -0.394 e. The van der Waals surface area contributed by atoms with Crippen molar-refractivity contribution in [2.75, 3.05) is 6.61 Å². The Balaban J connectivity index is 2.22. The summed E-state index contributed by atoms with van der Waals surface area (Å²) in [4.78, 5) is 0. The van der Waals surface area contributed by atoms with Crippen molar-refractivity contribution in [3.63, 3.8) is 0 Å². The molecule has 1 aliphatic rings. The highest BCUT2D eigenvalue weighted by Gasteiger charge is 2.19. The van der Waals surface area contributed by atoms with Crippen molar-refractivity contribution < 1.29 is 9.84 Å². The first-order valence-corrected chi connectivity index (χ1v) is 3.09. The number of aliphatic hydroxyl groups excluding tert-OH is 1. The van der Waals surface area contributed by atoms with E-state index in [0.29, 0.717) is 6.10 Å². The molecule has 48 valence electrons. The monoisotopic (exact) mass is 116 g/mol. The maximum absolute atomic E-state index is 8.56. The van der Waals surface area contributed by atoms with E-state index in [9.17, 15) is 0 Å². The number of aliphatic hydroxyl groups is 1. The Labute approximate surface area is 49.5 Å². The molecule has 1 aliphatic heterocycles. The van der Waals surface area contributed by atoms with E-state index < -0.39 is 0 Å². The van der Waals surface area contributed by atoms with Crippen LogP contribution < -0.4 is 0 Å². The number of hydrogen-bond acceptors (Lipinski definition) is 2. The molecule has 2 heteroatoms. The van der Waals surface area contributed by atoms with Gasteiger partial charge in [0.25, 0.3) is 0 Å². The molecule has 1 fully saturated rings. The van der Waals surface area contributed by atoms with E-state index in [0.717, 1.165) is 12.8 Å². The molecule has 0 radical (unpaired) electrons. The zero-order valence-electron chi connectivity index (χ0n) is 5.13. The fourth-order valence-corrected chi connectivity index (χ4v) is 1.02. The molecule has 0 amide bonds. The Kier molecular flexibility index (Phi) is 1.86. The zero-order valence-corrected chi connectivity index (χ0v) is 5.13. The van der Waals surface area contributed by atoms with Crippen molar-refractivity contribution in [2.24, 2.45) is 0 Å². The Hall–Kier alpha value is -0.0800. The summed E-state index contributed by atoms with van der Waals surface area (Å²) in [5.41, 5.74) is 0. The second kappa shape index (κ2) is 2.46. The van der Waals surface area contributed by atoms with Crippen LogP contribution in [0.3, 0.4) is 0 Å². The first-order valence-electron chi connectivity index (χ1n) is 3.09. The third kappa shape index (κ3) is 1.20. The van der Waals surface area contributed by atoms with Crippen molar-refractivity contribution in [1.82, 2.24) is 0 Å². The van der Waals surface area contributed by atoms with Crippen LogP contribution in [0.4, 0.5) is 0 Å². The van der Waals surface area contributed by atoms with E-state index in [4.69, 9.17) is 9.84 Å². The Morgan fingerprint density at radius 1 is 1.62 bits per heavy atom. The minimum absolute atomic E-state index is 0.130. The summed E-state index contributed by atoms with van der Waals surface area (Å²) >= 11 is 0. The number of hydrogen-bond donors (Lipinski definition) is 1. The van der Waals surface area contributed by atoms with E-state index in [-0.39, 0.29) is 12.7 Å². The fraction of sp³-hybridized carbons (Fsp3) is 1.00. The van der Waals surface area contributed by atoms with Gasteiger partial charge in [-0.3, -0.25) is 0 Å². The molecule has 0 aromatic carbocycles. The summed E-state index contributed by atoms with van der Waals surface area (Å²) in [6, 6.07) is 0. The zero-order chi connectivity index (χ0) is 5.98. The van der Waals surface area contributed by atoms with Crippen LogP contribution >= 0.6 is 0 Å². The molecular weight excluding hydrogens is 104 g/mol. The highest BCUT2D eigenvalue weighted by molar-refractivity contribution is 4.68. The standard InChI is InChI=1S/C6H12O2/c1-5-2-3-6(4-7)8-5/h5-7H,2-4H2,1H3/t5-,6-/m1/s1. The third-order valence-electron chi connectivity index (χ3n) is 1.52. The molecule has 0 spiro atoms. The van der Waals surface area contributed by atoms with Gasteiger partial charge in [-0.05, 0) is 19.8 Å². The van der Waals surface area contributed by atoms with Crippen molar-refractivity contribution >= 4 is 0 Å². The normalized spacial score (nSPS) is 38.2. The van der Waals surface area contributed by atoms with E-state index in [1.54, 1.807) is 0 Å². The lowest BCUT2D eigenvalue weighted by atomic mass is 10.2. The van der Waals surface area contributed by atoms with Crippen molar-refractivity contribution in [1.29, 1.82) is 0 Å². The highest BCUT2D eigenvalue weighted by Crippen LogP contribution is 2.17. The molecule has 2 atom stereocenters. The summed E-state index contributed by atoms with van der Waals surface area (Å²) in [6.45, 7) is 2.22. The first kappa shape index (κ1) is 6.05. The second-order valence-electron chi connectivity index (χ2n) is 2.33. The SMILES string of the molecule is C[C@@H]1CC[C@H](CO)O1. The van der Waals surface area contributed by atoms with Crippen LogP contribution in [-0.4, -0.2) is 23.9 Å². The maximum Gasteiger partial charge on any atom is 0.0810 e. The summed E-state index contributed by atoms with van der Waals surface area (Å²) in [7, 11) is 0. The van der Waals surface area contributed by atoms with Gasteiger partial charge in [-0.1, -0.05) is 0 Å². The van der Waals surface area contributed by atoms with E-state index in [2.05, 4.69) is 0 Å². The summed E-state index contributed by atoms with van der Waals surface area (Å²) < 4.78 is 5.26. The largest absolute Gasteiger partial charge is 0.394 e. The van der Waals surface area contributed by atoms with E-state index >= 15 is 0 Å². The van der Waals surface area contributed by atoms with Crippen molar-refractivity contribution in [2.45, 2.75) is 32.0 Å². The third-order valence-corrected chi connectivity index (χ3v) is 1.52. The lowest BCUT2D eigenvalue weighted by Crippen LogP contribution is -2.11. The van der Waals surface area contributed by atoms with Crippen LogP contribution in [0, 0.1) is 0 Å². The van der Waals surface area contributed by atoms with Gasteiger partial charge in [0.1, 0.15) is 0 Å². The summed E-state index contributed by atoms with van der Waals surface area (Å²) in [5, 5.41) is 8.56. The quantitative estimate of drug-likeness (QED) is 0.542. The van der Waals surface area contributed by atoms with Crippen molar-refractivity contribution in [3.8, 4) is 0 Å². The van der Waals surface area contributed by atoms with Gasteiger partial charge in [-0.2, -0.15) is 0 Å². The number of rotatable bonds is 1. The van der Waals surface area contributed by atoms with Gasteiger partial charge >= 0.3 is 0 Å². The van der Waals surface area contributed by atoms with Gasteiger partial charge in [0, 0.05) is 0 Å². The second-order valence-corrected chi connectivity index (χ2v) is 2.33. The Bertz CT molecular complexity index is 72.9. The molecule has 1 saturated heterocycles. The molecule has 0 aromatic heterocycles. The van der Waals surface area contributed by atoms with Crippen LogP contribution in [0.25, 0.3) is 0 Å². The summed E-state index contributed by atoms with van der Waals surface area (Å²) in [6.07, 6.45) is 2.63. The predicted molar refractivity (Wildman–Crippen MR) is 30.7 cm³/mol. The topological polar surface area (TPSA) is 29.5 Å². The Morgan fingerprint density at radius 3 is 2.62 bits per heavy atom. The molecule has 8 heavy (non-hydrogen) atoms. The average Bonchev–Trinajstić information content (AvgIpc) is 2.14. The lowest BCUT2D eigenvalue weighted by Gasteiger charge is -2.05. The fourth-order valence-electron chi connectivity index (χ4n) is 1.02. The first-order chi connectivity index (χ1) is 3.83. The van der Waals surface area contributed by atoms with Gasteiger partial charge in [0.05, 0.1) is 18.8 Å². The molecule has 2 nitrogen and oxygen atoms in total. The highest BCUT2D eigenvalue weighted by atomic mass is 16.5. The van der Waals surface area contributed by atoms with Crippen molar-refractivity contribution in [3.05, 3.63) is 0 Å². The molecule has 0 aliphatic carbocycles. The van der Waals surface area contributed by atoms with Gasteiger partial charge in [0.2, 0.25) is 0 Å². The average molecular weight is 116 g/mol. The Morgan fingerprint density at radius 2 is 2.38 bits per heavy atom. The number of ether oxygens (including phenoxy) is 1. The molecular formula is C6H12O2. The van der Waals surface area contributed by atoms with E-state index in [1.165, 1.54) is 0 Å². The van der Waals surface area contributed by atoms with Crippen LogP contribution in [0.2, 0.25) is 0 Å². The lowest BCUT2D eigenvalue weighted by molar-refractivity contribution is 0.0198. The molecule has 0 bridgehead atoms. The van der Waals surface area contributed by atoms with Gasteiger partial charge in [-0.25, -0.2) is 0 Å². The van der Waals surface area contributed by atoms with Crippen LogP contribution in [-0.2, 0) is 4.74 Å². The molecule has 0 unspecified atom stereocenters. The summed E-state index contributed by atoms with van der Waals surface area (Å²) in [5.74, 6) is 0. The smallest absolute Gasteiger partial charge is 0.0810 e. The molecule has 1 rings (SSSR count). The molecule has 1 N–H and O–H groups in total. The van der Waals surface area contributed by atoms with Gasteiger partial charge < -0.3 is 9.84 Å². The van der Waals surface area contributed by atoms with Gasteiger partial charge in [0.15, 0.2) is 0 Å². The van der Waals surface area contributed by atoms with Crippen LogP contribution in [0.1, 0.15) is 19.8 Å². The van der Waals surface area contributed by atoms with Crippen LogP contribution in [0.15, 0.2) is 0 Å². The van der Waals surface area contributed by atoms with Gasteiger partial charge in [-0.15, -0.1) is 0 Å². The molecule has 1 heterocycles. The molecule has 0 aromatic rings. The van der Waals surface area contributed by atoms with Crippen LogP contribution in [0.5, 0.6) is 0 Å². The molecule has 0 saturated carbocycles. The minimum atomic E-state index is 0.130. The predicted octanol–water partition coefficient (Wildman–Crippen LogP) is 0.546. The van der Waals surface area contributed by atoms with E-state index in [1.807, 2.05) is 6.92 Å². The maximum atomic E-state index is 8.56.